The van der Waals surface area contributed by atoms with Gasteiger partial charge in [0.1, 0.15) is 0 Å². The SMILES string of the molecule is c1ccc(N(c2ccc3c(c2)-c2ccccc2N(c2ccccc2)c2ccccc2-3)c2ccc3c(c2)C2(c4ccccc4-c4ccccc4-3)c3ccccc3-c3cc4sc5ccccc5c4cc32)cc1. The van der Waals surface area contributed by atoms with E-state index in [4.69, 9.17) is 0 Å². The molecule has 1 atom stereocenters. The third kappa shape index (κ3) is 5.49. The second-order valence-electron chi connectivity index (χ2n) is 18.7. The third-order valence-electron chi connectivity index (χ3n) is 15.2. The fraction of sp³-hybridized carbons (Fsp3) is 0.0149. The van der Waals surface area contributed by atoms with Crippen molar-refractivity contribution in [3.05, 3.63) is 277 Å². The molecule has 0 saturated carbocycles. The molecule has 3 heteroatoms. The van der Waals surface area contributed by atoms with Gasteiger partial charge < -0.3 is 9.80 Å². The molecule has 12 aromatic rings. The van der Waals surface area contributed by atoms with E-state index < -0.39 is 5.41 Å². The van der Waals surface area contributed by atoms with Crippen LogP contribution in [0.2, 0.25) is 0 Å². The van der Waals surface area contributed by atoms with Crippen LogP contribution in [0.5, 0.6) is 0 Å². The molecule has 1 unspecified atom stereocenters. The van der Waals surface area contributed by atoms with Crippen LogP contribution < -0.4 is 9.80 Å². The quantitative estimate of drug-likeness (QED) is 0.174. The summed E-state index contributed by atoms with van der Waals surface area (Å²) in [4.78, 5) is 4.90. The number of fused-ring (bicyclic) bond motifs is 20. The molecule has 2 nitrogen and oxygen atoms in total. The predicted octanol–water partition coefficient (Wildman–Crippen LogP) is 18.7. The Hall–Kier alpha value is -8.76. The molecule has 1 aliphatic heterocycles. The number of rotatable bonds is 4. The van der Waals surface area contributed by atoms with Gasteiger partial charge in [-0.15, -0.1) is 11.3 Å². The van der Waals surface area contributed by atoms with Crippen molar-refractivity contribution in [3.63, 3.8) is 0 Å². The maximum absolute atomic E-state index is 2.56. The molecule has 0 N–H and O–H groups in total. The van der Waals surface area contributed by atoms with Gasteiger partial charge in [-0.1, -0.05) is 176 Å². The molecule has 326 valence electrons. The Morgan fingerprint density at radius 1 is 0.286 bits per heavy atom. The number of hydrogen-bond donors (Lipinski definition) is 0. The molecular weight excluding hydrogens is 865 g/mol. The number of nitrogens with zero attached hydrogens (tertiary/aromatic N) is 2. The van der Waals surface area contributed by atoms with Gasteiger partial charge in [0.05, 0.1) is 16.8 Å². The normalized spacial score (nSPS) is 14.6. The van der Waals surface area contributed by atoms with Gasteiger partial charge in [0.25, 0.3) is 0 Å². The molecule has 2 heterocycles. The Morgan fingerprint density at radius 3 is 1.47 bits per heavy atom. The first kappa shape index (κ1) is 39.3. The second-order valence-corrected chi connectivity index (χ2v) is 19.8. The standard InChI is InChI=1S/C67H42N2S/c1-3-19-43(20-4-1)68(45-35-37-49-53-27-11-16-32-63(53)69(44-21-5-2-6-22-44)64-33-17-12-28-54(64)56(49)39-45)46-36-38-52-48-24-8-7-23-47(48)50-25-9-14-30-59(50)67(61(52)40-46)60-31-15-10-26-51(60)57-42-66-58(41-62(57)67)55-29-13-18-34-65(55)70-66/h1-42H. The van der Waals surface area contributed by atoms with Gasteiger partial charge in [0, 0.05) is 54.0 Å². The minimum Gasteiger partial charge on any atom is -0.310 e. The zero-order chi connectivity index (χ0) is 45.9. The van der Waals surface area contributed by atoms with E-state index in [9.17, 15) is 0 Å². The van der Waals surface area contributed by atoms with Gasteiger partial charge in [-0.3, -0.25) is 0 Å². The summed E-state index contributed by atoms with van der Waals surface area (Å²) >= 11 is 1.90. The van der Waals surface area contributed by atoms with Crippen LogP contribution in [-0.2, 0) is 5.41 Å². The van der Waals surface area contributed by atoms with E-state index in [1.54, 1.807) is 0 Å². The molecular formula is C67H42N2S. The predicted molar refractivity (Wildman–Crippen MR) is 295 cm³/mol. The van der Waals surface area contributed by atoms with E-state index in [1.165, 1.54) is 98.1 Å². The van der Waals surface area contributed by atoms with Crippen LogP contribution in [-0.4, -0.2) is 0 Å². The largest absolute Gasteiger partial charge is 0.310 e. The van der Waals surface area contributed by atoms with Gasteiger partial charge in [-0.05, 0) is 146 Å². The summed E-state index contributed by atoms with van der Waals surface area (Å²) in [6.45, 7) is 0. The van der Waals surface area contributed by atoms with Crippen molar-refractivity contribution in [2.24, 2.45) is 0 Å². The number of benzene rings is 11. The van der Waals surface area contributed by atoms with Crippen LogP contribution in [0.4, 0.5) is 34.1 Å². The third-order valence-corrected chi connectivity index (χ3v) is 16.3. The highest BCUT2D eigenvalue weighted by Gasteiger charge is 2.50. The van der Waals surface area contributed by atoms with E-state index >= 15 is 0 Å². The topological polar surface area (TPSA) is 6.48 Å². The van der Waals surface area contributed by atoms with Crippen LogP contribution in [0.15, 0.2) is 255 Å². The van der Waals surface area contributed by atoms with E-state index in [0.29, 0.717) is 0 Å². The minimum absolute atomic E-state index is 0.649. The summed E-state index contributed by atoms with van der Waals surface area (Å²) in [7, 11) is 0. The van der Waals surface area contributed by atoms with Crippen molar-refractivity contribution >= 4 is 65.6 Å². The summed E-state index contributed by atoms with van der Waals surface area (Å²) < 4.78 is 2.64. The molecule has 1 aromatic heterocycles. The monoisotopic (exact) mass is 906 g/mol. The van der Waals surface area contributed by atoms with Gasteiger partial charge >= 0.3 is 0 Å². The first-order valence-corrected chi connectivity index (χ1v) is 25.0. The molecule has 0 saturated heterocycles. The average Bonchev–Trinajstić information content (AvgIpc) is 3.87. The summed E-state index contributed by atoms with van der Waals surface area (Å²) in [6.07, 6.45) is 0. The fourth-order valence-electron chi connectivity index (χ4n) is 12.4. The lowest BCUT2D eigenvalue weighted by Gasteiger charge is -2.36. The number of thiophene rings is 1. The molecule has 0 amide bonds. The molecule has 3 aliphatic rings. The smallest absolute Gasteiger partial charge is 0.0726 e. The minimum atomic E-state index is -0.649. The highest BCUT2D eigenvalue weighted by atomic mass is 32.1. The Labute approximate surface area is 411 Å². The van der Waals surface area contributed by atoms with Gasteiger partial charge in [-0.25, -0.2) is 0 Å². The lowest BCUT2D eigenvalue weighted by molar-refractivity contribution is 0.776. The molecule has 2 aliphatic carbocycles. The van der Waals surface area contributed by atoms with E-state index in [0.717, 1.165) is 34.1 Å². The first-order valence-electron chi connectivity index (χ1n) is 24.2. The van der Waals surface area contributed by atoms with Gasteiger partial charge in [0.2, 0.25) is 0 Å². The molecule has 0 fully saturated rings. The summed E-state index contributed by atoms with van der Waals surface area (Å²) in [5.74, 6) is 0. The van der Waals surface area contributed by atoms with E-state index in [1.807, 2.05) is 11.3 Å². The summed E-state index contributed by atoms with van der Waals surface area (Å²) in [5, 5.41) is 2.62. The highest BCUT2D eigenvalue weighted by Crippen LogP contribution is 2.63. The van der Waals surface area contributed by atoms with Gasteiger partial charge in [-0.2, -0.15) is 0 Å². The van der Waals surface area contributed by atoms with E-state index in [2.05, 4.69) is 265 Å². The maximum atomic E-state index is 2.56. The van der Waals surface area contributed by atoms with Crippen molar-refractivity contribution < 1.29 is 0 Å². The molecule has 11 aromatic carbocycles. The number of anilines is 6. The number of para-hydroxylation sites is 4. The van der Waals surface area contributed by atoms with Crippen LogP contribution in [0.1, 0.15) is 22.3 Å². The maximum Gasteiger partial charge on any atom is 0.0726 e. The molecule has 1 spiro atoms. The Bertz CT molecular complexity index is 4090. The first-order chi connectivity index (χ1) is 34.7. The van der Waals surface area contributed by atoms with Crippen molar-refractivity contribution in [3.8, 4) is 55.6 Å². The summed E-state index contributed by atoms with van der Waals surface area (Å²) in [5.41, 5.74) is 23.7. The van der Waals surface area contributed by atoms with Crippen molar-refractivity contribution in [1.29, 1.82) is 0 Å². The Morgan fingerprint density at radius 2 is 0.771 bits per heavy atom. The lowest BCUT2D eigenvalue weighted by Crippen LogP contribution is -2.29. The Balaban J connectivity index is 1.02. The molecule has 0 bridgehead atoms. The zero-order valence-electron chi connectivity index (χ0n) is 38.1. The van der Waals surface area contributed by atoms with Crippen molar-refractivity contribution in [1.82, 2.24) is 0 Å². The molecule has 70 heavy (non-hydrogen) atoms. The van der Waals surface area contributed by atoms with Crippen LogP contribution in [0, 0.1) is 0 Å². The lowest BCUT2D eigenvalue weighted by atomic mass is 9.65. The van der Waals surface area contributed by atoms with Crippen molar-refractivity contribution in [2.45, 2.75) is 5.41 Å². The van der Waals surface area contributed by atoms with Crippen LogP contribution in [0.25, 0.3) is 75.8 Å². The zero-order valence-corrected chi connectivity index (χ0v) is 38.9. The van der Waals surface area contributed by atoms with E-state index in [-0.39, 0.29) is 0 Å². The highest BCUT2D eigenvalue weighted by molar-refractivity contribution is 7.25. The van der Waals surface area contributed by atoms with Crippen molar-refractivity contribution in [2.75, 3.05) is 9.80 Å². The van der Waals surface area contributed by atoms with Gasteiger partial charge in [0.15, 0.2) is 0 Å². The number of hydrogen-bond acceptors (Lipinski definition) is 3. The Kier molecular flexibility index (Phi) is 8.48. The average molecular weight is 907 g/mol. The summed E-state index contributed by atoms with van der Waals surface area (Å²) in [6, 6.07) is 95.3. The van der Waals surface area contributed by atoms with Crippen LogP contribution >= 0.6 is 11.3 Å². The van der Waals surface area contributed by atoms with Crippen LogP contribution in [0.3, 0.4) is 0 Å². The second kappa shape index (κ2) is 15.1. The fourth-order valence-corrected chi connectivity index (χ4v) is 13.5. The molecule has 15 rings (SSSR count). The molecule has 0 radical (unpaired) electrons.